The second kappa shape index (κ2) is 16.8. The standard InChI is InChI=1S/C54H72O4/c1-51(2,3)43-27-35-23-39-31-45(53(7,8)9)33-41-25-37-29-44(52(4,5)6)30-38(48(37)56-14)26-42-34-46(54(10,11)12)32-40(24-36(28-43)47(35)55-13)50(42)58-22-20-18-16-15-17-19-21-57-49(39)41/h15-16,27-34H,17-26H2,1-14H3/b16-15-. The molecule has 4 heteroatoms. The molecule has 10 bridgehead atoms. The molecule has 6 rings (SSSR count). The maximum absolute atomic E-state index is 7.05. The van der Waals surface area contributed by atoms with Crippen LogP contribution in [0.1, 0.15) is 176 Å². The van der Waals surface area contributed by atoms with Crippen molar-refractivity contribution in [1.29, 1.82) is 0 Å². The zero-order valence-corrected chi connectivity index (χ0v) is 38.5. The molecule has 4 aromatic rings. The maximum Gasteiger partial charge on any atom is 0.126 e. The molecule has 1 heterocycles. The molecule has 4 nitrogen and oxygen atoms in total. The third-order valence-electron chi connectivity index (χ3n) is 12.1. The van der Waals surface area contributed by atoms with Gasteiger partial charge in [-0.25, -0.2) is 0 Å². The maximum atomic E-state index is 7.05. The van der Waals surface area contributed by atoms with Crippen LogP contribution in [0.15, 0.2) is 60.7 Å². The molecule has 58 heavy (non-hydrogen) atoms. The van der Waals surface area contributed by atoms with Crippen molar-refractivity contribution in [1.82, 2.24) is 0 Å². The fourth-order valence-electron chi connectivity index (χ4n) is 8.50. The lowest BCUT2D eigenvalue weighted by Crippen LogP contribution is -2.17. The quantitative estimate of drug-likeness (QED) is 0.167. The number of hydrogen-bond donors (Lipinski definition) is 0. The van der Waals surface area contributed by atoms with Crippen LogP contribution in [0.25, 0.3) is 0 Å². The van der Waals surface area contributed by atoms with E-state index in [0.29, 0.717) is 38.9 Å². The van der Waals surface area contributed by atoms with Crippen LogP contribution < -0.4 is 18.9 Å². The van der Waals surface area contributed by atoms with Gasteiger partial charge in [0.1, 0.15) is 23.0 Å². The summed E-state index contributed by atoms with van der Waals surface area (Å²) in [6, 6.07) is 19.2. The lowest BCUT2D eigenvalue weighted by molar-refractivity contribution is 0.305. The molecule has 0 fully saturated rings. The van der Waals surface area contributed by atoms with Gasteiger partial charge in [-0.2, -0.15) is 0 Å². The average molecular weight is 785 g/mol. The number of allylic oxidation sites excluding steroid dienone is 2. The van der Waals surface area contributed by atoms with Crippen LogP contribution in [0.2, 0.25) is 0 Å². The van der Waals surface area contributed by atoms with Crippen LogP contribution in [0.3, 0.4) is 0 Å². The molecule has 0 saturated carbocycles. The van der Waals surface area contributed by atoms with E-state index in [1.165, 1.54) is 66.8 Å². The third-order valence-corrected chi connectivity index (χ3v) is 12.1. The van der Waals surface area contributed by atoms with Crippen molar-refractivity contribution in [2.24, 2.45) is 0 Å². The van der Waals surface area contributed by atoms with Gasteiger partial charge >= 0.3 is 0 Å². The van der Waals surface area contributed by atoms with E-state index in [2.05, 4.69) is 144 Å². The zero-order chi connectivity index (χ0) is 42.2. The first-order valence-electron chi connectivity index (χ1n) is 21.8. The highest BCUT2D eigenvalue weighted by atomic mass is 16.5. The molecule has 0 N–H and O–H groups in total. The van der Waals surface area contributed by atoms with E-state index in [1.807, 2.05) is 14.2 Å². The van der Waals surface area contributed by atoms with E-state index in [1.54, 1.807) is 0 Å². The topological polar surface area (TPSA) is 36.9 Å². The van der Waals surface area contributed by atoms with Gasteiger partial charge in [-0.05, 0) is 114 Å². The second-order valence-electron chi connectivity index (χ2n) is 21.1. The Hall–Kier alpha value is -4.18. The molecule has 0 amide bonds. The summed E-state index contributed by atoms with van der Waals surface area (Å²) in [4.78, 5) is 0. The fourth-order valence-corrected chi connectivity index (χ4v) is 8.50. The highest BCUT2D eigenvalue weighted by Gasteiger charge is 2.29. The largest absolute Gasteiger partial charge is 0.496 e. The number of ether oxygens (including phenoxy) is 4. The van der Waals surface area contributed by atoms with E-state index in [0.717, 1.165) is 48.7 Å². The summed E-state index contributed by atoms with van der Waals surface area (Å²) in [5.74, 6) is 3.89. The highest BCUT2D eigenvalue weighted by molar-refractivity contribution is 5.60. The van der Waals surface area contributed by atoms with Crippen molar-refractivity contribution in [3.8, 4) is 23.0 Å². The number of hydrogen-bond acceptors (Lipinski definition) is 4. The molecule has 1 aliphatic heterocycles. The molecule has 0 aromatic heterocycles. The highest BCUT2D eigenvalue weighted by Crippen LogP contribution is 2.44. The summed E-state index contributed by atoms with van der Waals surface area (Å²) in [5, 5.41) is 0. The zero-order valence-electron chi connectivity index (χ0n) is 38.5. The van der Waals surface area contributed by atoms with Gasteiger partial charge in [0.05, 0.1) is 27.4 Å². The minimum absolute atomic E-state index is 0.0710. The normalized spacial score (nSPS) is 16.2. The minimum Gasteiger partial charge on any atom is -0.496 e. The van der Waals surface area contributed by atoms with Crippen LogP contribution in [-0.4, -0.2) is 27.4 Å². The second-order valence-corrected chi connectivity index (χ2v) is 21.1. The summed E-state index contributed by atoms with van der Waals surface area (Å²) >= 11 is 0. The van der Waals surface area contributed by atoms with Gasteiger partial charge in [-0.1, -0.05) is 144 Å². The minimum atomic E-state index is -0.0746. The molecule has 0 unspecified atom stereocenters. The summed E-state index contributed by atoms with van der Waals surface area (Å²) in [6.45, 7) is 29.1. The van der Waals surface area contributed by atoms with Crippen LogP contribution in [0.4, 0.5) is 0 Å². The Morgan fingerprint density at radius 3 is 0.845 bits per heavy atom. The predicted octanol–water partition coefficient (Wildman–Crippen LogP) is 13.5. The Kier molecular flexibility index (Phi) is 12.6. The van der Waals surface area contributed by atoms with Gasteiger partial charge in [0.15, 0.2) is 0 Å². The number of methoxy groups -OCH3 is 2. The summed E-state index contributed by atoms with van der Waals surface area (Å²) < 4.78 is 27.1. The summed E-state index contributed by atoms with van der Waals surface area (Å²) in [6.07, 6.45) is 11.2. The SMILES string of the molecule is COc1c2cc(C(C)(C)C)cc1Cc1cc(C(C)(C)C)cc3c1OCCC/C=C\CCCOc1c(cc(C(C)(C)C)cc1Cc1cc(C(C)(C)C)cc(c1OC)C3)C2. The van der Waals surface area contributed by atoms with Gasteiger partial charge in [0, 0.05) is 25.7 Å². The van der Waals surface area contributed by atoms with Crippen molar-refractivity contribution >= 4 is 0 Å². The lowest BCUT2D eigenvalue weighted by Gasteiger charge is -2.29. The van der Waals surface area contributed by atoms with E-state index in [9.17, 15) is 0 Å². The Morgan fingerprint density at radius 2 is 0.621 bits per heavy atom. The lowest BCUT2D eigenvalue weighted by atomic mass is 9.79. The van der Waals surface area contributed by atoms with Gasteiger partial charge in [0.25, 0.3) is 0 Å². The first kappa shape index (κ1) is 43.4. The van der Waals surface area contributed by atoms with Crippen molar-refractivity contribution in [3.63, 3.8) is 0 Å². The molecular weight excluding hydrogens is 713 g/mol. The Morgan fingerprint density at radius 1 is 0.379 bits per heavy atom. The molecule has 0 saturated heterocycles. The van der Waals surface area contributed by atoms with Crippen molar-refractivity contribution < 1.29 is 18.9 Å². The van der Waals surface area contributed by atoms with Crippen LogP contribution in [-0.2, 0) is 47.3 Å². The van der Waals surface area contributed by atoms with Gasteiger partial charge in [-0.3, -0.25) is 0 Å². The Balaban J connectivity index is 1.79. The van der Waals surface area contributed by atoms with Gasteiger partial charge in [-0.15, -0.1) is 0 Å². The number of benzene rings is 4. The average Bonchev–Trinajstić information content (AvgIpc) is 3.11. The first-order valence-corrected chi connectivity index (χ1v) is 21.8. The smallest absolute Gasteiger partial charge is 0.126 e. The molecule has 0 spiro atoms. The third kappa shape index (κ3) is 9.81. The number of rotatable bonds is 2. The molecule has 0 atom stereocenters. The van der Waals surface area contributed by atoms with Gasteiger partial charge in [0.2, 0.25) is 0 Å². The Labute approximate surface area is 351 Å². The Bertz CT molecular complexity index is 1890. The van der Waals surface area contributed by atoms with Crippen molar-refractivity contribution in [2.75, 3.05) is 27.4 Å². The van der Waals surface area contributed by atoms with Crippen molar-refractivity contribution in [2.45, 2.75) is 156 Å². The molecule has 312 valence electrons. The van der Waals surface area contributed by atoms with E-state index >= 15 is 0 Å². The molecule has 4 aromatic carbocycles. The van der Waals surface area contributed by atoms with Crippen LogP contribution in [0, 0.1) is 0 Å². The molecular formula is C54H72O4. The fraction of sp³-hybridized carbons (Fsp3) is 0.519. The monoisotopic (exact) mass is 785 g/mol. The predicted molar refractivity (Wildman–Crippen MR) is 243 cm³/mol. The van der Waals surface area contributed by atoms with Crippen LogP contribution >= 0.6 is 0 Å². The summed E-state index contributed by atoms with van der Waals surface area (Å²) in [5.41, 5.74) is 14.4. The molecule has 0 radical (unpaired) electrons. The first-order chi connectivity index (χ1) is 27.2. The van der Waals surface area contributed by atoms with E-state index < -0.39 is 0 Å². The van der Waals surface area contributed by atoms with E-state index in [4.69, 9.17) is 18.9 Å². The number of fused-ring (bicyclic) bond motifs is 2. The molecule has 2 aliphatic rings. The molecule has 1 aliphatic carbocycles. The summed E-state index contributed by atoms with van der Waals surface area (Å²) in [7, 11) is 3.68. The van der Waals surface area contributed by atoms with E-state index in [-0.39, 0.29) is 21.7 Å². The van der Waals surface area contributed by atoms with Crippen molar-refractivity contribution in [3.05, 3.63) is 127 Å². The van der Waals surface area contributed by atoms with Gasteiger partial charge < -0.3 is 18.9 Å². The van der Waals surface area contributed by atoms with Crippen LogP contribution in [0.5, 0.6) is 23.0 Å².